The second-order valence-corrected chi connectivity index (χ2v) is 11.7. The molecule has 1 fully saturated rings. The van der Waals surface area contributed by atoms with Gasteiger partial charge in [-0.2, -0.15) is 4.90 Å². The van der Waals surface area contributed by atoms with E-state index in [4.69, 9.17) is 0 Å². The quantitative estimate of drug-likeness (QED) is 0.441. The van der Waals surface area contributed by atoms with Gasteiger partial charge in [0.05, 0.1) is 0 Å². The Hall–Kier alpha value is -2.13. The van der Waals surface area contributed by atoms with Crippen LogP contribution >= 0.6 is 0 Å². The zero-order valence-corrected chi connectivity index (χ0v) is 22.6. The van der Waals surface area contributed by atoms with Crippen LogP contribution < -0.4 is 4.90 Å². The standard InChI is InChI=1S/C31H45N2O/c1-20(2)24-13-11-14-25(21(3)4)29(24)32-19-33(31(34)18-10-9-17-28(31)32)30-26(22(5)6)15-12-16-27(30)23(7)8/h11-16,19-23,28,34H,9-10,17-18H2,1-8H3/q+1. The second kappa shape index (κ2) is 9.49. The third kappa shape index (κ3) is 4.11. The van der Waals surface area contributed by atoms with Crippen molar-refractivity contribution in [2.45, 2.75) is 117 Å². The molecule has 2 aromatic rings. The Morgan fingerprint density at radius 3 is 1.71 bits per heavy atom. The molecule has 0 spiro atoms. The summed E-state index contributed by atoms with van der Waals surface area (Å²) in [5.41, 5.74) is 7.03. The lowest BCUT2D eigenvalue weighted by atomic mass is 9.83. The molecular weight excluding hydrogens is 416 g/mol. The van der Waals surface area contributed by atoms with E-state index >= 15 is 0 Å². The van der Waals surface area contributed by atoms with Gasteiger partial charge in [0, 0.05) is 28.7 Å². The van der Waals surface area contributed by atoms with Gasteiger partial charge in [-0.3, -0.25) is 0 Å². The summed E-state index contributed by atoms with van der Waals surface area (Å²) in [4.78, 5) is 2.28. The topological polar surface area (TPSA) is 26.5 Å². The molecule has 184 valence electrons. The molecule has 1 heterocycles. The molecule has 3 nitrogen and oxygen atoms in total. The van der Waals surface area contributed by atoms with Crippen molar-refractivity contribution in [1.29, 1.82) is 0 Å². The number of benzene rings is 2. The van der Waals surface area contributed by atoms with Crippen molar-refractivity contribution >= 4 is 17.7 Å². The summed E-state index contributed by atoms with van der Waals surface area (Å²) in [6.45, 7) is 18.2. The summed E-state index contributed by atoms with van der Waals surface area (Å²) in [5, 5.41) is 12.5. The van der Waals surface area contributed by atoms with Gasteiger partial charge in [-0.15, -0.1) is 0 Å². The maximum atomic E-state index is 12.5. The van der Waals surface area contributed by atoms with Crippen LogP contribution in [-0.4, -0.2) is 27.8 Å². The summed E-state index contributed by atoms with van der Waals surface area (Å²) in [7, 11) is 0. The smallest absolute Gasteiger partial charge is 0.251 e. The molecule has 0 radical (unpaired) electrons. The van der Waals surface area contributed by atoms with Crippen molar-refractivity contribution in [3.05, 3.63) is 58.7 Å². The number of para-hydroxylation sites is 2. The predicted octanol–water partition coefficient (Wildman–Crippen LogP) is 8.00. The number of hydrogen-bond donors (Lipinski definition) is 1. The average Bonchev–Trinajstić information content (AvgIpc) is 3.10. The van der Waals surface area contributed by atoms with Crippen LogP contribution in [0.5, 0.6) is 0 Å². The predicted molar refractivity (Wildman–Crippen MR) is 145 cm³/mol. The fraction of sp³-hybridized carbons (Fsp3) is 0.581. The first-order chi connectivity index (χ1) is 16.1. The number of aliphatic hydroxyl groups is 1. The third-order valence-corrected chi connectivity index (χ3v) is 7.98. The van der Waals surface area contributed by atoms with Crippen molar-refractivity contribution in [3.8, 4) is 0 Å². The summed E-state index contributed by atoms with van der Waals surface area (Å²) in [6.07, 6.45) is 6.31. The molecular formula is C31H45N2O+. The molecule has 2 aromatic carbocycles. The second-order valence-electron chi connectivity index (χ2n) is 11.7. The highest BCUT2D eigenvalue weighted by molar-refractivity contribution is 5.85. The van der Waals surface area contributed by atoms with Gasteiger partial charge < -0.3 is 5.11 Å². The lowest BCUT2D eigenvalue weighted by Gasteiger charge is -2.37. The minimum atomic E-state index is -0.898. The molecule has 1 N–H and O–H groups in total. The monoisotopic (exact) mass is 461 g/mol. The zero-order chi connectivity index (χ0) is 24.8. The minimum Gasteiger partial charge on any atom is -0.350 e. The molecule has 2 unspecified atom stereocenters. The van der Waals surface area contributed by atoms with Gasteiger partial charge in [-0.05, 0) is 42.9 Å². The van der Waals surface area contributed by atoms with Gasteiger partial charge in [0.25, 0.3) is 5.72 Å². The van der Waals surface area contributed by atoms with E-state index in [0.717, 1.165) is 25.7 Å². The number of hydrogen-bond acceptors (Lipinski definition) is 2. The molecule has 0 amide bonds. The van der Waals surface area contributed by atoms with Crippen LogP contribution in [0.25, 0.3) is 0 Å². The van der Waals surface area contributed by atoms with Crippen LogP contribution in [0, 0.1) is 0 Å². The van der Waals surface area contributed by atoms with E-state index in [2.05, 4.69) is 108 Å². The van der Waals surface area contributed by atoms with Gasteiger partial charge in [-0.25, -0.2) is 4.58 Å². The highest BCUT2D eigenvalue weighted by Gasteiger charge is 2.58. The molecule has 34 heavy (non-hydrogen) atoms. The van der Waals surface area contributed by atoms with Crippen LogP contribution in [0.3, 0.4) is 0 Å². The van der Waals surface area contributed by atoms with Crippen molar-refractivity contribution in [1.82, 2.24) is 0 Å². The number of anilines is 1. The molecule has 1 saturated carbocycles. The molecule has 3 heteroatoms. The Balaban J connectivity index is 2.02. The normalized spacial score (nSPS) is 22.8. The van der Waals surface area contributed by atoms with Crippen LogP contribution in [-0.2, 0) is 0 Å². The Morgan fingerprint density at radius 2 is 1.24 bits per heavy atom. The number of rotatable bonds is 6. The fourth-order valence-electron chi connectivity index (χ4n) is 6.13. The molecule has 0 bridgehead atoms. The minimum absolute atomic E-state index is 0.0545. The van der Waals surface area contributed by atoms with E-state index in [-0.39, 0.29) is 6.04 Å². The number of nitrogens with zero attached hydrogens (tertiary/aromatic N) is 2. The largest absolute Gasteiger partial charge is 0.350 e. The van der Waals surface area contributed by atoms with Crippen LogP contribution in [0.1, 0.15) is 127 Å². The molecule has 1 aliphatic carbocycles. The van der Waals surface area contributed by atoms with Crippen molar-refractivity contribution in [3.63, 3.8) is 0 Å². The highest BCUT2D eigenvalue weighted by Crippen LogP contribution is 2.48. The van der Waals surface area contributed by atoms with E-state index in [9.17, 15) is 5.11 Å². The Kier molecular flexibility index (Phi) is 6.97. The third-order valence-electron chi connectivity index (χ3n) is 7.98. The van der Waals surface area contributed by atoms with Crippen molar-refractivity contribution < 1.29 is 9.68 Å². The van der Waals surface area contributed by atoms with E-state index in [0.29, 0.717) is 23.7 Å². The van der Waals surface area contributed by atoms with Crippen LogP contribution in [0.4, 0.5) is 11.4 Å². The molecule has 4 rings (SSSR count). The van der Waals surface area contributed by atoms with Gasteiger partial charge in [-0.1, -0.05) is 91.8 Å². The Bertz CT molecular complexity index is 1010. The Labute approximate surface area is 207 Å². The molecule has 1 aliphatic heterocycles. The van der Waals surface area contributed by atoms with Crippen molar-refractivity contribution in [2.75, 3.05) is 4.90 Å². The molecule has 0 aromatic heterocycles. The summed E-state index contributed by atoms with van der Waals surface area (Å²) < 4.78 is 2.46. The van der Waals surface area contributed by atoms with E-state index < -0.39 is 5.72 Å². The average molecular weight is 462 g/mol. The molecule has 2 atom stereocenters. The highest BCUT2D eigenvalue weighted by atomic mass is 16.3. The van der Waals surface area contributed by atoms with E-state index in [1.165, 1.54) is 33.6 Å². The summed E-state index contributed by atoms with van der Waals surface area (Å²) >= 11 is 0. The lowest BCUT2D eigenvalue weighted by Crippen LogP contribution is -2.55. The first-order valence-electron chi connectivity index (χ1n) is 13.5. The van der Waals surface area contributed by atoms with Gasteiger partial charge >= 0.3 is 0 Å². The first kappa shape index (κ1) is 25.0. The number of fused-ring (bicyclic) bond motifs is 1. The lowest BCUT2D eigenvalue weighted by molar-refractivity contribution is -0.497. The van der Waals surface area contributed by atoms with E-state index in [1.807, 2.05) is 0 Å². The SMILES string of the molecule is CC(C)c1cccc(C(C)C)c1N1C=[N+](c2c(C(C)C)cccc2C(C)C)C2CCCCC21O. The van der Waals surface area contributed by atoms with Crippen LogP contribution in [0.2, 0.25) is 0 Å². The van der Waals surface area contributed by atoms with Gasteiger partial charge in [0.1, 0.15) is 11.4 Å². The maximum absolute atomic E-state index is 12.5. The van der Waals surface area contributed by atoms with Gasteiger partial charge in [0.15, 0.2) is 6.04 Å². The molecule has 0 saturated heterocycles. The molecule has 2 aliphatic rings. The van der Waals surface area contributed by atoms with Crippen LogP contribution in [0.15, 0.2) is 36.4 Å². The van der Waals surface area contributed by atoms with Gasteiger partial charge in [0.2, 0.25) is 6.34 Å². The van der Waals surface area contributed by atoms with E-state index in [1.54, 1.807) is 0 Å². The Morgan fingerprint density at radius 1 is 0.765 bits per heavy atom. The first-order valence-corrected chi connectivity index (χ1v) is 13.5. The van der Waals surface area contributed by atoms with Crippen molar-refractivity contribution in [2.24, 2.45) is 0 Å². The maximum Gasteiger partial charge on any atom is 0.251 e. The fourth-order valence-corrected chi connectivity index (χ4v) is 6.13. The zero-order valence-electron chi connectivity index (χ0n) is 22.6. The summed E-state index contributed by atoms with van der Waals surface area (Å²) in [6, 6.07) is 13.5. The summed E-state index contributed by atoms with van der Waals surface area (Å²) in [5.74, 6) is 1.61.